The lowest BCUT2D eigenvalue weighted by Gasteiger charge is -2.24. The zero-order valence-corrected chi connectivity index (χ0v) is 20.1. The van der Waals surface area contributed by atoms with Gasteiger partial charge in [0.1, 0.15) is 0 Å². The first-order chi connectivity index (χ1) is 15.7. The fraction of sp³-hybridized carbons (Fsp3) is 0.385. The smallest absolute Gasteiger partial charge is 0.223 e. The third-order valence-electron chi connectivity index (χ3n) is 5.91. The Labute approximate surface area is 200 Å². The van der Waals surface area contributed by atoms with Gasteiger partial charge in [-0.25, -0.2) is 4.68 Å². The van der Waals surface area contributed by atoms with Crippen LogP contribution in [0.1, 0.15) is 44.6 Å². The summed E-state index contributed by atoms with van der Waals surface area (Å²) in [7, 11) is 0. The Morgan fingerprint density at radius 3 is 2.62 bits per heavy atom. The second-order valence-electron chi connectivity index (χ2n) is 8.20. The van der Waals surface area contributed by atoms with Gasteiger partial charge in [-0.15, -0.1) is 11.8 Å². The highest BCUT2D eigenvalue weighted by Crippen LogP contribution is 2.33. The highest BCUT2D eigenvalue weighted by atomic mass is 35.5. The van der Waals surface area contributed by atoms with Crippen LogP contribution in [-0.2, 0) is 11.2 Å². The standard InChI is InChI=1S/C26H30ClN3OS/c1-2-3-4-8-11-24(31)29-16-17-32-25(29)18-21-19-28-30(23-9-6-5-7-10-23)26(21)20-12-14-22(27)15-13-20/h5-7,9-10,12-15,19,25H,2-4,8,11,16-18H2,1H3. The molecule has 0 radical (unpaired) electrons. The second-order valence-corrected chi connectivity index (χ2v) is 9.92. The highest BCUT2D eigenvalue weighted by Gasteiger charge is 2.30. The molecule has 168 valence electrons. The van der Waals surface area contributed by atoms with Gasteiger partial charge in [0, 0.05) is 41.3 Å². The van der Waals surface area contributed by atoms with Crippen LogP contribution in [-0.4, -0.2) is 38.3 Å². The van der Waals surface area contributed by atoms with E-state index in [0.29, 0.717) is 17.4 Å². The minimum absolute atomic E-state index is 0.160. The van der Waals surface area contributed by atoms with Crippen LogP contribution < -0.4 is 0 Å². The zero-order valence-electron chi connectivity index (χ0n) is 18.5. The highest BCUT2D eigenvalue weighted by molar-refractivity contribution is 8.00. The number of carbonyl (C=O) groups is 1. The van der Waals surface area contributed by atoms with Gasteiger partial charge in [0.15, 0.2) is 0 Å². The number of hydrogen-bond donors (Lipinski definition) is 0. The number of thioether (sulfide) groups is 1. The van der Waals surface area contributed by atoms with Gasteiger partial charge in [0.05, 0.1) is 23.0 Å². The largest absolute Gasteiger partial charge is 0.330 e. The molecule has 1 aliphatic rings. The molecule has 4 nitrogen and oxygen atoms in total. The van der Waals surface area contributed by atoms with E-state index in [-0.39, 0.29) is 5.37 Å². The Hall–Kier alpha value is -2.24. The summed E-state index contributed by atoms with van der Waals surface area (Å²) in [5, 5.41) is 5.61. The van der Waals surface area contributed by atoms with Crippen LogP contribution in [0.15, 0.2) is 60.8 Å². The molecule has 6 heteroatoms. The third kappa shape index (κ3) is 5.38. The van der Waals surface area contributed by atoms with Crippen molar-refractivity contribution in [3.8, 4) is 16.9 Å². The average molecular weight is 468 g/mol. The van der Waals surface area contributed by atoms with Crippen molar-refractivity contribution in [1.29, 1.82) is 0 Å². The molecular weight excluding hydrogens is 438 g/mol. The van der Waals surface area contributed by atoms with Crippen LogP contribution in [0, 0.1) is 0 Å². The van der Waals surface area contributed by atoms with E-state index in [9.17, 15) is 4.79 Å². The molecule has 0 aliphatic carbocycles. The summed E-state index contributed by atoms with van der Waals surface area (Å²) in [5.41, 5.74) is 4.31. The number of nitrogens with zero attached hydrogens (tertiary/aromatic N) is 3. The van der Waals surface area contributed by atoms with Crippen molar-refractivity contribution >= 4 is 29.3 Å². The van der Waals surface area contributed by atoms with Crippen LogP contribution in [0.4, 0.5) is 0 Å². The SMILES string of the molecule is CCCCCCC(=O)N1CCSC1Cc1cnn(-c2ccccc2)c1-c1ccc(Cl)cc1. The monoisotopic (exact) mass is 467 g/mol. The first-order valence-corrected chi connectivity index (χ1v) is 12.9. The number of hydrogen-bond acceptors (Lipinski definition) is 3. The molecule has 0 N–H and O–H groups in total. The molecule has 1 amide bonds. The number of rotatable bonds is 9. The van der Waals surface area contributed by atoms with Gasteiger partial charge in [0.25, 0.3) is 0 Å². The topological polar surface area (TPSA) is 38.1 Å². The Morgan fingerprint density at radius 2 is 1.88 bits per heavy atom. The predicted molar refractivity (Wildman–Crippen MR) is 134 cm³/mol. The maximum atomic E-state index is 12.9. The van der Waals surface area contributed by atoms with Gasteiger partial charge in [-0.05, 0) is 30.7 Å². The van der Waals surface area contributed by atoms with Crippen LogP contribution >= 0.6 is 23.4 Å². The molecule has 1 aromatic heterocycles. The van der Waals surface area contributed by atoms with Gasteiger partial charge >= 0.3 is 0 Å². The summed E-state index contributed by atoms with van der Waals surface area (Å²) in [6.07, 6.45) is 7.92. The molecule has 1 unspecified atom stereocenters. The van der Waals surface area contributed by atoms with Gasteiger partial charge < -0.3 is 4.90 Å². The summed E-state index contributed by atoms with van der Waals surface area (Å²) in [6, 6.07) is 18.1. The van der Waals surface area contributed by atoms with Crippen LogP contribution in [0.25, 0.3) is 16.9 Å². The van der Waals surface area contributed by atoms with E-state index in [1.54, 1.807) is 0 Å². The van der Waals surface area contributed by atoms with Crippen molar-refractivity contribution in [3.05, 3.63) is 71.4 Å². The number of benzene rings is 2. The normalized spacial score (nSPS) is 15.9. The molecule has 32 heavy (non-hydrogen) atoms. The molecule has 1 atom stereocenters. The Balaban J connectivity index is 1.58. The molecule has 0 spiro atoms. The van der Waals surface area contributed by atoms with Crippen molar-refractivity contribution in [2.24, 2.45) is 0 Å². The molecule has 1 fully saturated rings. The molecule has 2 heterocycles. The summed E-state index contributed by atoms with van der Waals surface area (Å²) >= 11 is 8.03. The average Bonchev–Trinajstić information content (AvgIpc) is 3.45. The molecule has 0 bridgehead atoms. The molecule has 1 aliphatic heterocycles. The van der Waals surface area contributed by atoms with E-state index in [0.717, 1.165) is 54.1 Å². The van der Waals surface area contributed by atoms with E-state index < -0.39 is 0 Å². The lowest BCUT2D eigenvalue weighted by atomic mass is 10.0. The lowest BCUT2D eigenvalue weighted by Crippen LogP contribution is -2.35. The van der Waals surface area contributed by atoms with E-state index in [1.165, 1.54) is 12.8 Å². The fourth-order valence-corrected chi connectivity index (χ4v) is 5.62. The Kier molecular flexibility index (Phi) is 7.93. The summed E-state index contributed by atoms with van der Waals surface area (Å²) < 4.78 is 2.00. The first kappa shape index (κ1) is 22.9. The minimum atomic E-state index is 0.160. The quantitative estimate of drug-likeness (QED) is 0.332. The van der Waals surface area contributed by atoms with E-state index in [2.05, 4.69) is 24.0 Å². The molecule has 4 rings (SSSR count). The summed E-state index contributed by atoms with van der Waals surface area (Å²) in [6.45, 7) is 3.04. The van der Waals surface area contributed by atoms with Crippen molar-refractivity contribution < 1.29 is 4.79 Å². The number of amides is 1. The maximum absolute atomic E-state index is 12.9. The van der Waals surface area contributed by atoms with Crippen LogP contribution in [0.3, 0.4) is 0 Å². The Bertz CT molecular complexity index is 1020. The molecule has 0 saturated carbocycles. The van der Waals surface area contributed by atoms with Gasteiger partial charge in [-0.2, -0.15) is 5.10 Å². The second kappa shape index (κ2) is 11.1. The van der Waals surface area contributed by atoms with E-state index >= 15 is 0 Å². The number of para-hydroxylation sites is 1. The van der Waals surface area contributed by atoms with Gasteiger partial charge in [-0.3, -0.25) is 4.79 Å². The van der Waals surface area contributed by atoms with E-state index in [1.807, 2.05) is 65.1 Å². The van der Waals surface area contributed by atoms with Crippen molar-refractivity contribution in [2.45, 2.75) is 50.8 Å². The summed E-state index contributed by atoms with van der Waals surface area (Å²) in [4.78, 5) is 15.0. The summed E-state index contributed by atoms with van der Waals surface area (Å²) in [5.74, 6) is 1.29. The number of carbonyl (C=O) groups excluding carboxylic acids is 1. The zero-order chi connectivity index (χ0) is 22.3. The number of unbranched alkanes of at least 4 members (excludes halogenated alkanes) is 3. The lowest BCUT2D eigenvalue weighted by molar-refractivity contribution is -0.131. The molecule has 2 aromatic carbocycles. The maximum Gasteiger partial charge on any atom is 0.223 e. The van der Waals surface area contributed by atoms with Crippen LogP contribution in [0.5, 0.6) is 0 Å². The van der Waals surface area contributed by atoms with Gasteiger partial charge in [-0.1, -0.05) is 68.1 Å². The van der Waals surface area contributed by atoms with Crippen molar-refractivity contribution in [2.75, 3.05) is 12.3 Å². The number of aromatic nitrogens is 2. The third-order valence-corrected chi connectivity index (χ3v) is 7.39. The van der Waals surface area contributed by atoms with Gasteiger partial charge in [0.2, 0.25) is 5.91 Å². The van der Waals surface area contributed by atoms with Crippen molar-refractivity contribution in [1.82, 2.24) is 14.7 Å². The fourth-order valence-electron chi connectivity index (χ4n) is 4.22. The van der Waals surface area contributed by atoms with Crippen LogP contribution in [0.2, 0.25) is 5.02 Å². The first-order valence-electron chi connectivity index (χ1n) is 11.5. The molecule has 1 saturated heterocycles. The number of halogens is 1. The minimum Gasteiger partial charge on any atom is -0.330 e. The molecular formula is C26H30ClN3OS. The van der Waals surface area contributed by atoms with Crippen molar-refractivity contribution in [3.63, 3.8) is 0 Å². The predicted octanol–water partition coefficient (Wildman–Crippen LogP) is 6.61. The van der Waals surface area contributed by atoms with E-state index in [4.69, 9.17) is 16.7 Å². The molecule has 3 aromatic rings. The Morgan fingerprint density at radius 1 is 1.09 bits per heavy atom.